The predicted molar refractivity (Wildman–Crippen MR) is 108 cm³/mol. The number of anilines is 1. The number of aromatic amines is 1. The normalized spacial score (nSPS) is 11.7. The van der Waals surface area contributed by atoms with Gasteiger partial charge in [-0.3, -0.25) is 4.79 Å². The van der Waals surface area contributed by atoms with Crippen LogP contribution < -0.4 is 5.32 Å². The maximum Gasteiger partial charge on any atom is 0.416 e. The number of aryl methyl sites for hydroxylation is 1. The van der Waals surface area contributed by atoms with E-state index in [2.05, 4.69) is 25.4 Å². The number of amides is 1. The van der Waals surface area contributed by atoms with Crippen LogP contribution >= 0.6 is 11.8 Å². The lowest BCUT2D eigenvalue weighted by molar-refractivity contribution is -0.137. The average Bonchev–Trinajstić information content (AvgIpc) is 3.37. The van der Waals surface area contributed by atoms with E-state index in [4.69, 9.17) is 4.52 Å². The van der Waals surface area contributed by atoms with Crippen molar-refractivity contribution in [2.45, 2.75) is 29.9 Å². The highest BCUT2D eigenvalue weighted by molar-refractivity contribution is 7.98. The van der Waals surface area contributed by atoms with Crippen molar-refractivity contribution in [1.82, 2.24) is 20.1 Å². The van der Waals surface area contributed by atoms with Gasteiger partial charge in [0.1, 0.15) is 0 Å². The van der Waals surface area contributed by atoms with Crippen LogP contribution in [0.25, 0.3) is 11.0 Å². The second kappa shape index (κ2) is 8.80. The van der Waals surface area contributed by atoms with Crippen LogP contribution in [0.1, 0.15) is 23.7 Å². The van der Waals surface area contributed by atoms with E-state index in [1.807, 2.05) is 24.3 Å². The smallest absolute Gasteiger partial charge is 0.339 e. The summed E-state index contributed by atoms with van der Waals surface area (Å²) < 4.78 is 42.9. The highest BCUT2D eigenvalue weighted by Crippen LogP contribution is 2.29. The van der Waals surface area contributed by atoms with Crippen molar-refractivity contribution in [2.24, 2.45) is 0 Å². The topological polar surface area (TPSA) is 96.7 Å². The van der Waals surface area contributed by atoms with Gasteiger partial charge in [0.15, 0.2) is 11.0 Å². The Balaban J connectivity index is 1.25. The number of carbonyl (C=O) groups is 1. The number of rotatable bonds is 7. The van der Waals surface area contributed by atoms with Gasteiger partial charge >= 0.3 is 6.18 Å². The van der Waals surface area contributed by atoms with Gasteiger partial charge in [-0.15, -0.1) is 0 Å². The van der Waals surface area contributed by atoms with Gasteiger partial charge in [-0.1, -0.05) is 29.1 Å². The zero-order valence-electron chi connectivity index (χ0n) is 15.9. The van der Waals surface area contributed by atoms with Crippen molar-refractivity contribution in [3.05, 3.63) is 65.8 Å². The molecule has 0 saturated heterocycles. The third-order valence-corrected chi connectivity index (χ3v) is 5.15. The van der Waals surface area contributed by atoms with E-state index >= 15 is 0 Å². The fourth-order valence-corrected chi connectivity index (χ4v) is 3.50. The molecule has 31 heavy (non-hydrogen) atoms. The molecule has 0 fully saturated rings. The first-order chi connectivity index (χ1) is 14.9. The summed E-state index contributed by atoms with van der Waals surface area (Å²) in [5.41, 5.74) is 1.33. The van der Waals surface area contributed by atoms with E-state index in [1.54, 1.807) is 0 Å². The summed E-state index contributed by atoms with van der Waals surface area (Å²) in [7, 11) is 0. The Morgan fingerprint density at radius 3 is 2.61 bits per heavy atom. The highest BCUT2D eigenvalue weighted by atomic mass is 32.2. The number of nitrogens with zero attached hydrogens (tertiary/aromatic N) is 3. The molecule has 0 bridgehead atoms. The molecule has 0 saturated carbocycles. The van der Waals surface area contributed by atoms with Crippen LogP contribution in [0.4, 0.5) is 18.9 Å². The molecule has 0 atom stereocenters. The maximum atomic E-state index is 12.6. The molecule has 0 aliphatic heterocycles. The van der Waals surface area contributed by atoms with Crippen molar-refractivity contribution in [2.75, 3.05) is 5.32 Å². The summed E-state index contributed by atoms with van der Waals surface area (Å²) in [5, 5.41) is 7.18. The van der Waals surface area contributed by atoms with Gasteiger partial charge in [0.2, 0.25) is 11.8 Å². The Morgan fingerprint density at radius 2 is 1.87 bits per heavy atom. The largest absolute Gasteiger partial charge is 0.416 e. The Hall–Kier alpha value is -3.34. The van der Waals surface area contributed by atoms with Gasteiger partial charge in [-0.05, 0) is 36.4 Å². The fourth-order valence-electron chi connectivity index (χ4n) is 2.77. The summed E-state index contributed by atoms with van der Waals surface area (Å²) in [6, 6.07) is 11.9. The predicted octanol–water partition coefficient (Wildman–Crippen LogP) is 4.83. The van der Waals surface area contributed by atoms with Crippen molar-refractivity contribution in [3.63, 3.8) is 0 Å². The number of imidazole rings is 1. The number of hydrogen-bond donors (Lipinski definition) is 2. The number of nitrogens with one attached hydrogen (secondary N) is 2. The molecule has 4 aromatic rings. The van der Waals surface area contributed by atoms with E-state index in [0.29, 0.717) is 17.5 Å². The second-order valence-corrected chi connectivity index (χ2v) is 7.54. The Bertz CT molecular complexity index is 1150. The number of halogens is 3. The van der Waals surface area contributed by atoms with Gasteiger partial charge in [-0.2, -0.15) is 18.2 Å². The zero-order chi connectivity index (χ0) is 21.8. The third kappa shape index (κ3) is 5.43. The standard InChI is InChI=1S/C20H16F3N5O2S/c21-20(22,23)12-5-7-13(8-6-12)24-17(29)9-10-18-27-16(28-30-18)11-31-19-25-14-3-1-2-4-15(14)26-19/h1-8H,9-11H2,(H,24,29)(H,25,26). The maximum absolute atomic E-state index is 12.6. The summed E-state index contributed by atoms with van der Waals surface area (Å²) >= 11 is 1.43. The molecule has 160 valence electrons. The van der Waals surface area contributed by atoms with Crippen LogP contribution in [0.15, 0.2) is 58.2 Å². The first-order valence-electron chi connectivity index (χ1n) is 9.23. The average molecular weight is 447 g/mol. The quantitative estimate of drug-likeness (QED) is 0.394. The summed E-state index contributed by atoms with van der Waals surface area (Å²) in [5.74, 6) is 0.865. The van der Waals surface area contributed by atoms with Gasteiger partial charge < -0.3 is 14.8 Å². The SMILES string of the molecule is O=C(CCc1nc(CSc2nc3ccccc3[nH]2)no1)Nc1ccc(C(F)(F)F)cc1. The van der Waals surface area contributed by atoms with Crippen molar-refractivity contribution >= 4 is 34.4 Å². The molecular weight excluding hydrogens is 431 g/mol. The molecule has 4 rings (SSSR count). The molecule has 0 aliphatic rings. The lowest BCUT2D eigenvalue weighted by Gasteiger charge is -2.08. The molecule has 2 heterocycles. The van der Waals surface area contributed by atoms with Crippen molar-refractivity contribution in [3.8, 4) is 0 Å². The van der Waals surface area contributed by atoms with Crippen LogP contribution in [0, 0.1) is 0 Å². The molecule has 2 N–H and O–H groups in total. The van der Waals surface area contributed by atoms with E-state index < -0.39 is 11.7 Å². The van der Waals surface area contributed by atoms with Crippen LogP contribution in [-0.2, 0) is 23.1 Å². The molecule has 7 nitrogen and oxygen atoms in total. The van der Waals surface area contributed by atoms with Crippen molar-refractivity contribution < 1.29 is 22.5 Å². The monoisotopic (exact) mass is 447 g/mol. The molecule has 2 aromatic heterocycles. The summed E-state index contributed by atoms with van der Waals surface area (Å²) in [4.78, 5) is 23.9. The Kier molecular flexibility index (Phi) is 5.94. The minimum Gasteiger partial charge on any atom is -0.339 e. The molecule has 11 heteroatoms. The number of para-hydroxylation sites is 2. The van der Waals surface area contributed by atoms with Crippen LogP contribution in [0.2, 0.25) is 0 Å². The van der Waals surface area contributed by atoms with Crippen molar-refractivity contribution in [1.29, 1.82) is 0 Å². The van der Waals surface area contributed by atoms with E-state index in [0.717, 1.165) is 28.3 Å². The van der Waals surface area contributed by atoms with Crippen LogP contribution in [-0.4, -0.2) is 26.0 Å². The molecule has 0 unspecified atom stereocenters. The van der Waals surface area contributed by atoms with E-state index in [9.17, 15) is 18.0 Å². The minimum absolute atomic E-state index is 0.0549. The second-order valence-electron chi connectivity index (χ2n) is 6.58. The number of benzene rings is 2. The third-order valence-electron chi connectivity index (χ3n) is 4.28. The first-order valence-corrected chi connectivity index (χ1v) is 10.2. The summed E-state index contributed by atoms with van der Waals surface area (Å²) in [6.45, 7) is 0. The molecule has 0 aliphatic carbocycles. The lowest BCUT2D eigenvalue weighted by atomic mass is 10.2. The molecule has 1 amide bonds. The number of carbonyl (C=O) groups excluding carboxylic acids is 1. The lowest BCUT2D eigenvalue weighted by Crippen LogP contribution is -2.13. The van der Waals surface area contributed by atoms with Crippen LogP contribution in [0.3, 0.4) is 0 Å². The minimum atomic E-state index is -4.42. The van der Waals surface area contributed by atoms with E-state index in [1.165, 1.54) is 23.9 Å². The number of alkyl halides is 3. The number of thioether (sulfide) groups is 1. The number of fused-ring (bicyclic) bond motifs is 1. The number of hydrogen-bond acceptors (Lipinski definition) is 6. The molecule has 0 radical (unpaired) electrons. The molecule has 0 spiro atoms. The van der Waals surface area contributed by atoms with Crippen LogP contribution in [0.5, 0.6) is 0 Å². The Morgan fingerprint density at radius 1 is 1.10 bits per heavy atom. The van der Waals surface area contributed by atoms with Gasteiger partial charge in [0.05, 0.1) is 22.3 Å². The Labute approximate surface area is 178 Å². The zero-order valence-corrected chi connectivity index (χ0v) is 16.8. The molecule has 2 aromatic carbocycles. The molecular formula is C20H16F3N5O2S. The summed E-state index contributed by atoms with van der Waals surface area (Å²) in [6.07, 6.45) is -4.14. The number of aromatic nitrogens is 4. The number of H-pyrrole nitrogens is 1. The van der Waals surface area contributed by atoms with E-state index in [-0.39, 0.29) is 24.4 Å². The van der Waals surface area contributed by atoms with Gasteiger partial charge in [0.25, 0.3) is 0 Å². The van der Waals surface area contributed by atoms with Gasteiger partial charge in [-0.25, -0.2) is 4.98 Å². The van der Waals surface area contributed by atoms with Gasteiger partial charge in [0, 0.05) is 18.5 Å². The first kappa shape index (κ1) is 20.9. The highest BCUT2D eigenvalue weighted by Gasteiger charge is 2.30. The fraction of sp³-hybridized carbons (Fsp3) is 0.200.